The summed E-state index contributed by atoms with van der Waals surface area (Å²) >= 11 is 0. The summed E-state index contributed by atoms with van der Waals surface area (Å²) in [6, 6.07) is 1.83. The summed E-state index contributed by atoms with van der Waals surface area (Å²) in [6.07, 6.45) is 1.37. The summed E-state index contributed by atoms with van der Waals surface area (Å²) in [4.78, 5) is 10.0. The molecule has 1 fully saturated rings. The molecule has 3 nitrogen and oxygen atoms in total. The number of hydrogen-bond acceptors (Lipinski definition) is 3. The van der Waals surface area contributed by atoms with E-state index in [1.165, 1.54) is 6.33 Å². The quantitative estimate of drug-likeness (QED) is 0.737. The van der Waals surface area contributed by atoms with Gasteiger partial charge in [0.1, 0.15) is 12.1 Å². The van der Waals surface area contributed by atoms with Gasteiger partial charge in [0.2, 0.25) is 0 Å². The largest absolute Gasteiger partial charge is 0.356 e. The molecule has 0 N–H and O–H groups in total. The Bertz CT molecular complexity index is 381. The summed E-state index contributed by atoms with van der Waals surface area (Å²) in [7, 11) is 0. The van der Waals surface area contributed by atoms with Gasteiger partial charge in [0.15, 0.2) is 0 Å². The molecule has 0 saturated carbocycles. The number of piperidine rings is 1. The third kappa shape index (κ3) is 2.13. The van der Waals surface area contributed by atoms with Crippen LogP contribution in [0.4, 0.5) is 14.6 Å². The fourth-order valence-corrected chi connectivity index (χ4v) is 1.91. The number of halogens is 2. The van der Waals surface area contributed by atoms with Gasteiger partial charge >= 0.3 is 0 Å². The van der Waals surface area contributed by atoms with Crippen molar-refractivity contribution in [3.63, 3.8) is 0 Å². The molecule has 5 heteroatoms. The molecule has 1 saturated heterocycles. The van der Waals surface area contributed by atoms with E-state index in [4.69, 9.17) is 0 Å². The Morgan fingerprint density at radius 1 is 1.44 bits per heavy atom. The standard InChI is InChI=1S/C11H15F2N3/c1-8-6-16(4-3-11(8,12)13)10-5-9(2)14-7-15-10/h5,7-8H,3-4,6H2,1-2H3/t8-/m0/s1. The maximum absolute atomic E-state index is 13.3. The predicted molar refractivity (Wildman–Crippen MR) is 57.7 cm³/mol. The first-order valence-corrected chi connectivity index (χ1v) is 5.40. The number of hydrogen-bond donors (Lipinski definition) is 0. The van der Waals surface area contributed by atoms with Gasteiger partial charge in [-0.1, -0.05) is 6.92 Å². The van der Waals surface area contributed by atoms with Crippen LogP contribution >= 0.6 is 0 Å². The third-order valence-electron chi connectivity index (χ3n) is 3.04. The smallest absolute Gasteiger partial charge is 0.254 e. The van der Waals surface area contributed by atoms with Gasteiger partial charge in [0, 0.05) is 37.2 Å². The van der Waals surface area contributed by atoms with Crippen LogP contribution in [0.15, 0.2) is 12.4 Å². The molecular weight excluding hydrogens is 212 g/mol. The van der Waals surface area contributed by atoms with Crippen molar-refractivity contribution >= 4 is 5.82 Å². The van der Waals surface area contributed by atoms with Gasteiger partial charge < -0.3 is 4.90 Å². The van der Waals surface area contributed by atoms with Crippen LogP contribution in [0.2, 0.25) is 0 Å². The number of anilines is 1. The Balaban J connectivity index is 2.14. The molecule has 88 valence electrons. The molecule has 1 atom stereocenters. The lowest BCUT2D eigenvalue weighted by Crippen LogP contribution is -2.46. The van der Waals surface area contributed by atoms with Gasteiger partial charge in [-0.3, -0.25) is 0 Å². The topological polar surface area (TPSA) is 29.0 Å². The van der Waals surface area contributed by atoms with E-state index in [1.807, 2.05) is 17.9 Å². The van der Waals surface area contributed by atoms with Crippen LogP contribution in [0.5, 0.6) is 0 Å². The molecular formula is C11H15F2N3. The highest BCUT2D eigenvalue weighted by atomic mass is 19.3. The molecule has 0 aliphatic carbocycles. The average molecular weight is 227 g/mol. The van der Waals surface area contributed by atoms with Crippen molar-refractivity contribution in [3.8, 4) is 0 Å². The zero-order valence-electron chi connectivity index (χ0n) is 9.45. The highest BCUT2D eigenvalue weighted by Crippen LogP contribution is 2.34. The first-order valence-electron chi connectivity index (χ1n) is 5.40. The molecule has 16 heavy (non-hydrogen) atoms. The molecule has 0 amide bonds. The highest BCUT2D eigenvalue weighted by Gasteiger charge is 2.41. The van der Waals surface area contributed by atoms with Crippen molar-refractivity contribution in [3.05, 3.63) is 18.1 Å². The maximum atomic E-state index is 13.3. The fraction of sp³-hybridized carbons (Fsp3) is 0.636. The Hall–Kier alpha value is -1.26. The number of alkyl halides is 2. The van der Waals surface area contributed by atoms with Crippen LogP contribution in [0.25, 0.3) is 0 Å². The Kier molecular flexibility index (Phi) is 2.78. The maximum Gasteiger partial charge on any atom is 0.254 e. The van der Waals surface area contributed by atoms with Gasteiger partial charge in [-0.05, 0) is 6.92 Å². The molecule has 0 aromatic carbocycles. The van der Waals surface area contributed by atoms with E-state index in [-0.39, 0.29) is 6.42 Å². The van der Waals surface area contributed by atoms with Crippen LogP contribution in [0, 0.1) is 12.8 Å². The lowest BCUT2D eigenvalue weighted by molar-refractivity contribution is -0.0652. The zero-order valence-corrected chi connectivity index (χ0v) is 9.45. The van der Waals surface area contributed by atoms with Crippen molar-refractivity contribution in [2.75, 3.05) is 18.0 Å². The highest BCUT2D eigenvalue weighted by molar-refractivity contribution is 5.39. The first kappa shape index (κ1) is 11.2. The monoisotopic (exact) mass is 227 g/mol. The number of aromatic nitrogens is 2. The molecule has 0 radical (unpaired) electrons. The van der Waals surface area contributed by atoms with E-state index in [1.54, 1.807) is 6.92 Å². The second-order valence-electron chi connectivity index (χ2n) is 4.38. The van der Waals surface area contributed by atoms with Crippen molar-refractivity contribution in [1.82, 2.24) is 9.97 Å². The van der Waals surface area contributed by atoms with Crippen LogP contribution in [-0.2, 0) is 0 Å². The van der Waals surface area contributed by atoms with Crippen LogP contribution in [-0.4, -0.2) is 29.0 Å². The SMILES string of the molecule is Cc1cc(N2CCC(F)(F)[C@@H](C)C2)ncn1. The van der Waals surface area contributed by atoms with Gasteiger partial charge in [0.25, 0.3) is 5.92 Å². The molecule has 1 aromatic rings. The minimum Gasteiger partial charge on any atom is -0.356 e. The molecule has 1 aromatic heterocycles. The fourth-order valence-electron chi connectivity index (χ4n) is 1.91. The normalized spacial score (nSPS) is 24.5. The van der Waals surface area contributed by atoms with Crippen LogP contribution in [0.1, 0.15) is 19.0 Å². The first-order chi connectivity index (χ1) is 7.49. The van der Waals surface area contributed by atoms with Gasteiger partial charge in [-0.25, -0.2) is 18.7 Å². The van der Waals surface area contributed by atoms with Crippen LogP contribution < -0.4 is 4.90 Å². The van der Waals surface area contributed by atoms with Gasteiger partial charge in [-0.15, -0.1) is 0 Å². The van der Waals surface area contributed by atoms with E-state index in [0.29, 0.717) is 13.1 Å². The summed E-state index contributed by atoms with van der Waals surface area (Å²) in [5, 5.41) is 0. The molecule has 1 aliphatic heterocycles. The van der Waals surface area contributed by atoms with Crippen LogP contribution in [0.3, 0.4) is 0 Å². The second-order valence-corrected chi connectivity index (χ2v) is 4.38. The second kappa shape index (κ2) is 3.96. The van der Waals surface area contributed by atoms with E-state index >= 15 is 0 Å². The average Bonchev–Trinajstić information content (AvgIpc) is 2.22. The lowest BCUT2D eigenvalue weighted by Gasteiger charge is -2.37. The minimum absolute atomic E-state index is 0.1000. The zero-order chi connectivity index (χ0) is 11.8. The molecule has 2 heterocycles. The predicted octanol–water partition coefficient (Wildman–Crippen LogP) is 2.27. The van der Waals surface area contributed by atoms with Gasteiger partial charge in [-0.2, -0.15) is 0 Å². The molecule has 1 aliphatic rings. The lowest BCUT2D eigenvalue weighted by atomic mass is 9.95. The van der Waals surface area contributed by atoms with E-state index in [2.05, 4.69) is 9.97 Å². The van der Waals surface area contributed by atoms with E-state index in [9.17, 15) is 8.78 Å². The minimum atomic E-state index is -2.54. The summed E-state index contributed by atoms with van der Waals surface area (Å²) in [5.41, 5.74) is 0.856. The number of aryl methyl sites for hydroxylation is 1. The number of rotatable bonds is 1. The van der Waals surface area contributed by atoms with E-state index in [0.717, 1.165) is 11.5 Å². The summed E-state index contributed by atoms with van der Waals surface area (Å²) in [6.45, 7) is 4.16. The van der Waals surface area contributed by atoms with Gasteiger partial charge in [0.05, 0.1) is 0 Å². The van der Waals surface area contributed by atoms with Crippen molar-refractivity contribution in [1.29, 1.82) is 0 Å². The Labute approximate surface area is 93.5 Å². The van der Waals surface area contributed by atoms with Crippen molar-refractivity contribution in [2.45, 2.75) is 26.2 Å². The molecule has 0 spiro atoms. The molecule has 0 unspecified atom stereocenters. The molecule has 0 bridgehead atoms. The van der Waals surface area contributed by atoms with Crippen molar-refractivity contribution < 1.29 is 8.78 Å². The van der Waals surface area contributed by atoms with E-state index < -0.39 is 11.8 Å². The number of nitrogens with zero attached hydrogens (tertiary/aromatic N) is 3. The third-order valence-corrected chi connectivity index (χ3v) is 3.04. The Morgan fingerprint density at radius 3 is 2.81 bits per heavy atom. The molecule has 2 rings (SSSR count). The Morgan fingerprint density at radius 2 is 2.19 bits per heavy atom. The summed E-state index contributed by atoms with van der Waals surface area (Å²) < 4.78 is 26.6. The summed E-state index contributed by atoms with van der Waals surface area (Å²) in [5.74, 6) is -2.43. The van der Waals surface area contributed by atoms with Crippen molar-refractivity contribution in [2.24, 2.45) is 5.92 Å².